The highest BCUT2D eigenvalue weighted by atomic mass is 79.9. The second kappa shape index (κ2) is 4.43. The summed E-state index contributed by atoms with van der Waals surface area (Å²) in [5, 5.41) is 3.53. The molecule has 1 saturated heterocycles. The van der Waals surface area contributed by atoms with E-state index in [4.69, 9.17) is 0 Å². The van der Waals surface area contributed by atoms with Gasteiger partial charge in [-0.1, -0.05) is 34.1 Å². The molecule has 0 bridgehead atoms. The summed E-state index contributed by atoms with van der Waals surface area (Å²) in [5.74, 6) is 0. The van der Waals surface area contributed by atoms with Crippen LogP contribution in [0.1, 0.15) is 5.56 Å². The van der Waals surface area contributed by atoms with Gasteiger partial charge in [0.2, 0.25) is 0 Å². The van der Waals surface area contributed by atoms with Crippen molar-refractivity contribution in [2.75, 3.05) is 20.1 Å². The zero-order chi connectivity index (χ0) is 9.97. The predicted molar refractivity (Wildman–Crippen MR) is 62.3 cm³/mol. The van der Waals surface area contributed by atoms with Gasteiger partial charge in [-0.25, -0.2) is 0 Å². The lowest BCUT2D eigenvalue weighted by atomic mass is 10.1. The minimum absolute atomic E-state index is 0.673. The first kappa shape index (κ1) is 10.1. The van der Waals surface area contributed by atoms with Crippen molar-refractivity contribution < 1.29 is 0 Å². The maximum Gasteiger partial charge on any atom is 0.0325 e. The minimum atomic E-state index is 0.673. The Morgan fingerprint density at radius 3 is 2.79 bits per heavy atom. The van der Waals surface area contributed by atoms with Gasteiger partial charge in [-0.15, -0.1) is 0 Å². The first-order valence-electron chi connectivity index (χ1n) is 4.91. The molecule has 76 valence electrons. The molecule has 0 radical (unpaired) electrons. The second-order valence-electron chi connectivity index (χ2n) is 3.89. The van der Waals surface area contributed by atoms with Gasteiger partial charge < -0.3 is 10.2 Å². The van der Waals surface area contributed by atoms with E-state index in [-0.39, 0.29) is 0 Å². The lowest BCUT2D eigenvalue weighted by Crippen LogP contribution is -2.55. The lowest BCUT2D eigenvalue weighted by molar-refractivity contribution is 0.161. The first-order valence-corrected chi connectivity index (χ1v) is 5.70. The van der Waals surface area contributed by atoms with Crippen LogP contribution < -0.4 is 5.32 Å². The number of likely N-dealkylation sites (tertiary alicyclic amines) is 1. The van der Waals surface area contributed by atoms with Crippen LogP contribution in [-0.2, 0) is 6.54 Å². The van der Waals surface area contributed by atoms with E-state index in [0.717, 1.165) is 6.54 Å². The van der Waals surface area contributed by atoms with E-state index in [1.54, 1.807) is 0 Å². The summed E-state index contributed by atoms with van der Waals surface area (Å²) in [6.45, 7) is 3.30. The van der Waals surface area contributed by atoms with Crippen LogP contribution in [0.25, 0.3) is 0 Å². The largest absolute Gasteiger partial charge is 0.307 e. The zero-order valence-electron chi connectivity index (χ0n) is 8.33. The summed E-state index contributed by atoms with van der Waals surface area (Å²) in [5.41, 5.74) is 1.34. The highest BCUT2D eigenvalue weighted by Gasteiger charge is 2.21. The van der Waals surface area contributed by atoms with Gasteiger partial charge in [0.05, 0.1) is 0 Å². The maximum absolute atomic E-state index is 3.55. The number of benzene rings is 1. The van der Waals surface area contributed by atoms with Gasteiger partial charge in [0.15, 0.2) is 0 Å². The normalized spacial score (nSPS) is 18.1. The zero-order valence-corrected chi connectivity index (χ0v) is 9.92. The standard InChI is InChI=1S/C11H15BrN2/c1-14-7-10(8-14)13-6-9-4-2-3-5-11(9)12/h2-5,10,13H,6-8H2,1H3. The van der Waals surface area contributed by atoms with Crippen molar-refractivity contribution in [1.82, 2.24) is 10.2 Å². The van der Waals surface area contributed by atoms with Crippen molar-refractivity contribution in [3.8, 4) is 0 Å². The molecule has 1 aromatic carbocycles. The highest BCUT2D eigenvalue weighted by Crippen LogP contribution is 2.16. The summed E-state index contributed by atoms with van der Waals surface area (Å²) in [4.78, 5) is 2.32. The molecular formula is C11H15BrN2. The van der Waals surface area contributed by atoms with Crippen molar-refractivity contribution in [2.24, 2.45) is 0 Å². The summed E-state index contributed by atoms with van der Waals surface area (Å²) in [7, 11) is 2.15. The monoisotopic (exact) mass is 254 g/mol. The molecule has 2 nitrogen and oxygen atoms in total. The van der Waals surface area contributed by atoms with E-state index in [9.17, 15) is 0 Å². The van der Waals surface area contributed by atoms with Crippen molar-refractivity contribution >= 4 is 15.9 Å². The molecule has 14 heavy (non-hydrogen) atoms. The van der Waals surface area contributed by atoms with E-state index < -0.39 is 0 Å². The third-order valence-electron chi connectivity index (χ3n) is 2.60. The fourth-order valence-electron chi connectivity index (χ4n) is 1.72. The van der Waals surface area contributed by atoms with Gasteiger partial charge in [0.25, 0.3) is 0 Å². The molecule has 0 aromatic heterocycles. The Morgan fingerprint density at radius 2 is 2.14 bits per heavy atom. The van der Waals surface area contributed by atoms with Crippen LogP contribution in [0, 0.1) is 0 Å². The number of nitrogens with one attached hydrogen (secondary N) is 1. The summed E-state index contributed by atoms with van der Waals surface area (Å²) in [6, 6.07) is 9.04. The second-order valence-corrected chi connectivity index (χ2v) is 4.74. The van der Waals surface area contributed by atoms with E-state index in [2.05, 4.69) is 51.4 Å². The maximum atomic E-state index is 3.55. The lowest BCUT2D eigenvalue weighted by Gasteiger charge is -2.36. The molecule has 1 N–H and O–H groups in total. The SMILES string of the molecule is CN1CC(NCc2ccccc2Br)C1. The third kappa shape index (κ3) is 2.35. The van der Waals surface area contributed by atoms with Crippen LogP contribution in [-0.4, -0.2) is 31.1 Å². The van der Waals surface area contributed by atoms with Gasteiger partial charge in [0, 0.05) is 30.1 Å². The average Bonchev–Trinajstić information content (AvgIpc) is 2.13. The number of rotatable bonds is 3. The number of nitrogens with zero attached hydrogens (tertiary/aromatic N) is 1. The number of hydrogen-bond donors (Lipinski definition) is 1. The van der Waals surface area contributed by atoms with Crippen LogP contribution in [0.15, 0.2) is 28.7 Å². The summed E-state index contributed by atoms with van der Waals surface area (Å²) >= 11 is 3.55. The highest BCUT2D eigenvalue weighted by molar-refractivity contribution is 9.10. The average molecular weight is 255 g/mol. The van der Waals surface area contributed by atoms with Gasteiger partial charge >= 0.3 is 0 Å². The Kier molecular flexibility index (Phi) is 3.21. The fourth-order valence-corrected chi connectivity index (χ4v) is 2.15. The van der Waals surface area contributed by atoms with Crippen LogP contribution in [0.4, 0.5) is 0 Å². The molecular weight excluding hydrogens is 240 g/mol. The molecule has 3 heteroatoms. The Bertz CT molecular complexity index is 308. The van der Waals surface area contributed by atoms with Crippen molar-refractivity contribution in [3.63, 3.8) is 0 Å². The molecule has 0 aliphatic carbocycles. The predicted octanol–water partition coefficient (Wildman–Crippen LogP) is 1.85. The molecule has 1 fully saturated rings. The molecule has 0 atom stereocenters. The molecule has 1 aliphatic rings. The van der Waals surface area contributed by atoms with E-state index in [1.807, 2.05) is 6.07 Å². The molecule has 2 rings (SSSR count). The van der Waals surface area contributed by atoms with E-state index >= 15 is 0 Å². The topological polar surface area (TPSA) is 15.3 Å². The van der Waals surface area contributed by atoms with Gasteiger partial charge in [-0.2, -0.15) is 0 Å². The molecule has 0 unspecified atom stereocenters. The molecule has 0 saturated carbocycles. The van der Waals surface area contributed by atoms with E-state index in [0.29, 0.717) is 6.04 Å². The molecule has 1 heterocycles. The van der Waals surface area contributed by atoms with E-state index in [1.165, 1.54) is 23.1 Å². The Morgan fingerprint density at radius 1 is 1.43 bits per heavy atom. The molecule has 1 aliphatic heterocycles. The smallest absolute Gasteiger partial charge is 0.0325 e. The minimum Gasteiger partial charge on any atom is -0.307 e. The fraction of sp³-hybridized carbons (Fsp3) is 0.455. The number of halogens is 1. The molecule has 1 aromatic rings. The van der Waals surface area contributed by atoms with Crippen LogP contribution in [0.5, 0.6) is 0 Å². The van der Waals surface area contributed by atoms with Crippen LogP contribution >= 0.6 is 15.9 Å². The third-order valence-corrected chi connectivity index (χ3v) is 3.38. The van der Waals surface area contributed by atoms with Crippen molar-refractivity contribution in [1.29, 1.82) is 0 Å². The molecule has 0 amide bonds. The quantitative estimate of drug-likeness (QED) is 0.886. The van der Waals surface area contributed by atoms with Gasteiger partial charge in [0.1, 0.15) is 0 Å². The summed E-state index contributed by atoms with van der Waals surface area (Å²) in [6.07, 6.45) is 0. The van der Waals surface area contributed by atoms with Crippen LogP contribution in [0.3, 0.4) is 0 Å². The number of hydrogen-bond acceptors (Lipinski definition) is 2. The Labute approximate surface area is 93.4 Å². The van der Waals surface area contributed by atoms with Gasteiger partial charge in [-0.05, 0) is 18.7 Å². The first-order chi connectivity index (χ1) is 6.75. The summed E-state index contributed by atoms with van der Waals surface area (Å²) < 4.78 is 1.19. The van der Waals surface area contributed by atoms with Gasteiger partial charge in [-0.3, -0.25) is 0 Å². The Hall–Kier alpha value is -0.380. The van der Waals surface area contributed by atoms with Crippen LogP contribution in [0.2, 0.25) is 0 Å². The Balaban J connectivity index is 1.83. The molecule has 0 spiro atoms. The van der Waals surface area contributed by atoms with Crippen molar-refractivity contribution in [3.05, 3.63) is 34.3 Å². The van der Waals surface area contributed by atoms with Crippen molar-refractivity contribution in [2.45, 2.75) is 12.6 Å². The number of likely N-dealkylation sites (N-methyl/N-ethyl adjacent to an activating group) is 1.